The van der Waals surface area contributed by atoms with Crippen LogP contribution >= 0.6 is 0 Å². The summed E-state index contributed by atoms with van der Waals surface area (Å²) in [5, 5.41) is 11.3. The Kier molecular flexibility index (Phi) is 2.47. The fourth-order valence-corrected chi connectivity index (χ4v) is 1.20. The fraction of sp³-hybridized carbons (Fsp3) is 0.111. The molecule has 1 aliphatic rings. The number of quaternary nitrogens is 1. The van der Waals surface area contributed by atoms with Gasteiger partial charge in [-0.05, 0) is 12.1 Å². The van der Waals surface area contributed by atoms with Crippen molar-refractivity contribution in [1.29, 1.82) is 0 Å². The van der Waals surface area contributed by atoms with Crippen LogP contribution in [0.2, 0.25) is 0 Å². The van der Waals surface area contributed by atoms with Crippen molar-refractivity contribution in [3.8, 4) is 0 Å². The van der Waals surface area contributed by atoms with Crippen LogP contribution in [0, 0.1) is 7.05 Å². The van der Waals surface area contributed by atoms with Gasteiger partial charge < -0.3 is 0 Å². The maximum atomic E-state index is 12.3. The van der Waals surface area contributed by atoms with E-state index in [-0.39, 0.29) is 11.0 Å². The minimum Gasteiger partial charge on any atom is -0.192 e. The minimum atomic E-state index is -4.33. The summed E-state index contributed by atoms with van der Waals surface area (Å²) in [5.41, 5.74) is -0.221. The fourth-order valence-electron chi connectivity index (χ4n) is 1.20. The van der Waals surface area contributed by atoms with Crippen LogP contribution in [0.15, 0.2) is 39.7 Å². The molecule has 1 N–H and O–H groups in total. The Balaban J connectivity index is 2.27. The van der Waals surface area contributed by atoms with Crippen molar-refractivity contribution < 1.29 is 18.3 Å². The second-order valence-corrected chi connectivity index (χ2v) is 3.13. The van der Waals surface area contributed by atoms with Gasteiger partial charge in [-0.3, -0.25) is 0 Å². The van der Waals surface area contributed by atoms with Crippen LogP contribution in [0.1, 0.15) is 11.1 Å². The Labute approximate surface area is 89.1 Å². The molecule has 1 aliphatic heterocycles. The zero-order chi connectivity index (χ0) is 11.8. The van der Waals surface area contributed by atoms with Crippen LogP contribution < -0.4 is 5.12 Å². The van der Waals surface area contributed by atoms with Crippen molar-refractivity contribution in [2.45, 2.75) is 6.18 Å². The second-order valence-electron chi connectivity index (χ2n) is 3.13. The van der Waals surface area contributed by atoms with E-state index in [2.05, 4.69) is 22.5 Å². The highest BCUT2D eigenvalue weighted by Crippen LogP contribution is 2.29. The first-order chi connectivity index (χ1) is 7.47. The van der Waals surface area contributed by atoms with Crippen molar-refractivity contribution in [1.82, 2.24) is 0 Å². The van der Waals surface area contributed by atoms with Crippen molar-refractivity contribution in [3.05, 3.63) is 42.4 Å². The molecule has 0 spiro atoms. The van der Waals surface area contributed by atoms with Crippen LogP contribution in [0.5, 0.6) is 0 Å². The lowest BCUT2D eigenvalue weighted by Crippen LogP contribution is -2.95. The Morgan fingerprint density at radius 1 is 1.12 bits per heavy atom. The van der Waals surface area contributed by atoms with Gasteiger partial charge in [-0.15, -0.1) is 0 Å². The van der Waals surface area contributed by atoms with Crippen molar-refractivity contribution in [2.75, 3.05) is 0 Å². The third-order valence-corrected chi connectivity index (χ3v) is 1.97. The number of hydrogen-bond donors (Lipinski definition) is 1. The monoisotopic (exact) mass is 228 g/mol. The first-order valence-electron chi connectivity index (χ1n) is 4.34. The molecule has 7 heteroatoms. The zero-order valence-corrected chi connectivity index (χ0v) is 7.99. The molecule has 0 aliphatic carbocycles. The van der Waals surface area contributed by atoms with Crippen LogP contribution in [0.3, 0.4) is 0 Å². The molecule has 84 valence electrons. The van der Waals surface area contributed by atoms with E-state index in [0.29, 0.717) is 5.56 Å². The third kappa shape index (κ3) is 2.08. The third-order valence-electron chi connectivity index (χ3n) is 1.97. The standard InChI is InChI=1S/C9H7F3N4/c1-16-14-8(13-15-16)6-2-4-7(5-3-6)9(10,11)12/h2-5,16H,1H2. The number of amidine groups is 1. The number of alkyl halides is 3. The molecule has 1 atom stereocenters. The maximum absolute atomic E-state index is 12.3. The lowest BCUT2D eigenvalue weighted by atomic mass is 10.1. The van der Waals surface area contributed by atoms with Crippen LogP contribution in [0.25, 0.3) is 0 Å². The first-order valence-corrected chi connectivity index (χ1v) is 4.34. The summed E-state index contributed by atoms with van der Waals surface area (Å²) in [7, 11) is 3.46. The largest absolute Gasteiger partial charge is 0.416 e. The van der Waals surface area contributed by atoms with Gasteiger partial charge >= 0.3 is 6.18 Å². The lowest BCUT2D eigenvalue weighted by molar-refractivity contribution is -0.868. The molecule has 0 amide bonds. The quantitative estimate of drug-likeness (QED) is 0.706. The number of nitrogens with one attached hydrogen (secondary N) is 1. The van der Waals surface area contributed by atoms with E-state index in [9.17, 15) is 13.2 Å². The smallest absolute Gasteiger partial charge is 0.192 e. The van der Waals surface area contributed by atoms with Crippen molar-refractivity contribution in [2.24, 2.45) is 15.4 Å². The van der Waals surface area contributed by atoms with E-state index in [0.717, 1.165) is 12.1 Å². The molecule has 0 saturated carbocycles. The summed E-state index contributed by atoms with van der Waals surface area (Å²) in [5.74, 6) is 0.277. The van der Waals surface area contributed by atoms with Crippen molar-refractivity contribution >= 4 is 5.84 Å². The van der Waals surface area contributed by atoms with Gasteiger partial charge in [0.2, 0.25) is 5.84 Å². The van der Waals surface area contributed by atoms with Crippen LogP contribution in [-0.4, -0.2) is 5.84 Å². The molecule has 1 unspecified atom stereocenters. The molecular formula is C9H7F3N4. The maximum Gasteiger partial charge on any atom is 0.416 e. The second kappa shape index (κ2) is 3.67. The van der Waals surface area contributed by atoms with E-state index in [4.69, 9.17) is 0 Å². The van der Waals surface area contributed by atoms with Gasteiger partial charge in [-0.25, -0.2) is 0 Å². The van der Waals surface area contributed by atoms with Gasteiger partial charge in [-0.1, -0.05) is 29.4 Å². The summed E-state index contributed by atoms with van der Waals surface area (Å²) in [6.07, 6.45) is -4.33. The Morgan fingerprint density at radius 3 is 2.19 bits per heavy atom. The predicted octanol–water partition coefficient (Wildman–Crippen LogP) is 1.42. The zero-order valence-electron chi connectivity index (χ0n) is 7.99. The van der Waals surface area contributed by atoms with Crippen molar-refractivity contribution in [3.63, 3.8) is 0 Å². The highest BCUT2D eigenvalue weighted by Gasteiger charge is 2.30. The molecule has 1 aromatic carbocycles. The number of nitrogens with zero attached hydrogens (tertiary/aromatic N) is 3. The SMILES string of the molecule is [CH2-][NH+]1N=NC(c2ccc(C(F)(F)F)cc2)=N1. The number of halogens is 3. The van der Waals surface area contributed by atoms with Gasteiger partial charge in [0.05, 0.1) is 5.56 Å². The average Bonchev–Trinajstić information content (AvgIpc) is 2.64. The molecule has 0 saturated heterocycles. The molecular weight excluding hydrogens is 221 g/mol. The van der Waals surface area contributed by atoms with Gasteiger partial charge in [-0.2, -0.15) is 18.3 Å². The number of hydrogen-bond acceptors (Lipinski definition) is 3. The van der Waals surface area contributed by atoms with E-state index in [1.165, 1.54) is 12.1 Å². The van der Waals surface area contributed by atoms with Gasteiger partial charge in [0, 0.05) is 10.8 Å². The summed E-state index contributed by atoms with van der Waals surface area (Å²) < 4.78 is 36.8. The Bertz CT molecular complexity index is 447. The molecule has 16 heavy (non-hydrogen) atoms. The molecule has 0 fully saturated rings. The van der Waals surface area contributed by atoms with Crippen LogP contribution in [0.4, 0.5) is 13.2 Å². The normalized spacial score (nSPS) is 20.0. The van der Waals surface area contributed by atoms with E-state index in [1.54, 1.807) is 0 Å². The summed E-state index contributed by atoms with van der Waals surface area (Å²) in [6, 6.07) is 4.57. The van der Waals surface area contributed by atoms with Gasteiger partial charge in [0.1, 0.15) is 0 Å². The van der Waals surface area contributed by atoms with E-state index < -0.39 is 11.7 Å². The minimum absolute atomic E-state index is 0.245. The first kappa shape index (κ1) is 10.7. The lowest BCUT2D eigenvalue weighted by Gasteiger charge is -2.05. The average molecular weight is 228 g/mol. The summed E-state index contributed by atoms with van der Waals surface area (Å²) >= 11 is 0. The molecule has 0 aromatic heterocycles. The highest BCUT2D eigenvalue weighted by atomic mass is 19.4. The summed E-state index contributed by atoms with van der Waals surface area (Å²) in [6.45, 7) is 0. The van der Waals surface area contributed by atoms with Gasteiger partial charge in [0.25, 0.3) is 0 Å². The van der Waals surface area contributed by atoms with Crippen LogP contribution in [-0.2, 0) is 6.18 Å². The number of rotatable bonds is 1. The molecule has 0 bridgehead atoms. The molecule has 1 heterocycles. The van der Waals surface area contributed by atoms with Gasteiger partial charge in [0.15, 0.2) is 0 Å². The van der Waals surface area contributed by atoms with E-state index in [1.807, 2.05) is 0 Å². The topological polar surface area (TPSA) is 41.5 Å². The Hall–Kier alpha value is -1.76. The molecule has 1 aromatic rings. The summed E-state index contributed by atoms with van der Waals surface area (Å²) in [4.78, 5) is 0. The number of benzene rings is 1. The Morgan fingerprint density at radius 2 is 1.75 bits per heavy atom. The molecule has 0 radical (unpaired) electrons. The molecule has 4 nitrogen and oxygen atoms in total. The predicted molar refractivity (Wildman–Crippen MR) is 49.2 cm³/mol. The highest BCUT2D eigenvalue weighted by molar-refractivity contribution is 5.98. The molecule has 2 rings (SSSR count). The van der Waals surface area contributed by atoms with E-state index >= 15 is 0 Å².